The number of aromatic nitrogens is 5. The van der Waals surface area contributed by atoms with E-state index in [0.717, 1.165) is 39.3 Å². The molecule has 1 saturated heterocycles. The van der Waals surface area contributed by atoms with Gasteiger partial charge >= 0.3 is 0 Å². The Hall–Kier alpha value is -2.51. The summed E-state index contributed by atoms with van der Waals surface area (Å²) in [5.41, 5.74) is 6.30. The molecule has 0 spiro atoms. The van der Waals surface area contributed by atoms with Gasteiger partial charge in [-0.15, -0.1) is 10.2 Å². The predicted molar refractivity (Wildman–Crippen MR) is 104 cm³/mol. The lowest BCUT2D eigenvalue weighted by atomic mass is 10.2. The molecular formula is C20H27N7. The topological polar surface area (TPSA) is 55.0 Å². The van der Waals surface area contributed by atoms with E-state index in [4.69, 9.17) is 0 Å². The third-order valence-electron chi connectivity index (χ3n) is 5.49. The number of hydrogen-bond acceptors (Lipinski definition) is 5. The summed E-state index contributed by atoms with van der Waals surface area (Å²) >= 11 is 0. The van der Waals surface area contributed by atoms with Crippen LogP contribution >= 0.6 is 0 Å². The zero-order valence-corrected chi connectivity index (χ0v) is 16.3. The first-order valence-corrected chi connectivity index (χ1v) is 9.50. The Balaban J connectivity index is 1.37. The van der Waals surface area contributed by atoms with Crippen molar-refractivity contribution in [3.63, 3.8) is 0 Å². The second-order valence-electron chi connectivity index (χ2n) is 7.37. The fourth-order valence-electron chi connectivity index (χ4n) is 3.87. The molecule has 27 heavy (non-hydrogen) atoms. The van der Waals surface area contributed by atoms with Crippen molar-refractivity contribution < 1.29 is 0 Å². The molecule has 142 valence electrons. The molecule has 0 aliphatic carbocycles. The minimum absolute atomic E-state index is 0.947. The summed E-state index contributed by atoms with van der Waals surface area (Å²) in [7, 11) is 0. The maximum absolute atomic E-state index is 4.54. The van der Waals surface area contributed by atoms with Crippen molar-refractivity contribution in [2.45, 2.75) is 33.9 Å². The first-order valence-electron chi connectivity index (χ1n) is 9.50. The average molecular weight is 365 g/mol. The van der Waals surface area contributed by atoms with Gasteiger partial charge in [0.25, 0.3) is 0 Å². The van der Waals surface area contributed by atoms with Gasteiger partial charge in [0.1, 0.15) is 12.7 Å². The summed E-state index contributed by atoms with van der Waals surface area (Å²) in [6.07, 6.45) is 5.37. The average Bonchev–Trinajstić information content (AvgIpc) is 3.27. The fourth-order valence-corrected chi connectivity index (χ4v) is 3.87. The molecule has 0 radical (unpaired) electrons. The van der Waals surface area contributed by atoms with E-state index in [-0.39, 0.29) is 0 Å². The molecule has 1 aliphatic rings. The van der Waals surface area contributed by atoms with Crippen LogP contribution in [0.2, 0.25) is 0 Å². The molecule has 0 aromatic carbocycles. The molecule has 4 heterocycles. The van der Waals surface area contributed by atoms with Gasteiger partial charge in [0.05, 0.1) is 5.69 Å². The van der Waals surface area contributed by atoms with Gasteiger partial charge in [0.15, 0.2) is 0 Å². The van der Waals surface area contributed by atoms with E-state index in [1.165, 1.54) is 28.2 Å². The standard InChI is InChI=1S/C20H27N7/c1-16-5-4-6-21-20(16)13-25-9-7-24(8-10-25)12-19-11-17(2)27(18(19)3)26-14-22-23-15-26/h4-6,11,14-15H,7-10,12-13H2,1-3H3. The van der Waals surface area contributed by atoms with Crippen LogP contribution in [0.15, 0.2) is 37.1 Å². The van der Waals surface area contributed by atoms with Crippen molar-refractivity contribution in [1.82, 2.24) is 34.3 Å². The predicted octanol–water partition coefficient (Wildman–Crippen LogP) is 2.03. The maximum Gasteiger partial charge on any atom is 0.139 e. The Kier molecular flexibility index (Phi) is 5.05. The number of piperazine rings is 1. The summed E-state index contributed by atoms with van der Waals surface area (Å²) in [6.45, 7) is 12.7. The Morgan fingerprint density at radius 3 is 2.26 bits per heavy atom. The first kappa shape index (κ1) is 17.9. The van der Waals surface area contributed by atoms with Gasteiger partial charge < -0.3 is 0 Å². The van der Waals surface area contributed by atoms with Gasteiger partial charge in [-0.1, -0.05) is 6.07 Å². The Morgan fingerprint density at radius 1 is 0.926 bits per heavy atom. The molecule has 1 fully saturated rings. The van der Waals surface area contributed by atoms with E-state index in [2.05, 4.69) is 62.6 Å². The summed E-state index contributed by atoms with van der Waals surface area (Å²) in [5, 5.41) is 7.85. The van der Waals surface area contributed by atoms with Crippen LogP contribution in [0.4, 0.5) is 0 Å². The molecule has 7 nitrogen and oxygen atoms in total. The molecule has 0 atom stereocenters. The smallest absolute Gasteiger partial charge is 0.139 e. The maximum atomic E-state index is 4.54. The molecule has 0 saturated carbocycles. The minimum atomic E-state index is 0.947. The highest BCUT2D eigenvalue weighted by Gasteiger charge is 2.20. The van der Waals surface area contributed by atoms with Crippen molar-refractivity contribution in [3.05, 3.63) is 65.3 Å². The van der Waals surface area contributed by atoms with Crippen LogP contribution in [0.25, 0.3) is 0 Å². The zero-order chi connectivity index (χ0) is 18.8. The fraction of sp³-hybridized carbons (Fsp3) is 0.450. The lowest BCUT2D eigenvalue weighted by molar-refractivity contribution is 0.120. The minimum Gasteiger partial charge on any atom is -0.296 e. The second-order valence-corrected chi connectivity index (χ2v) is 7.37. The van der Waals surface area contributed by atoms with Gasteiger partial charge in [-0.25, -0.2) is 4.68 Å². The van der Waals surface area contributed by atoms with Gasteiger partial charge in [-0.3, -0.25) is 19.5 Å². The van der Waals surface area contributed by atoms with Crippen molar-refractivity contribution in [2.24, 2.45) is 0 Å². The highest BCUT2D eigenvalue weighted by molar-refractivity contribution is 5.27. The first-order chi connectivity index (χ1) is 13.1. The molecule has 0 unspecified atom stereocenters. The van der Waals surface area contributed by atoms with Crippen LogP contribution in [0, 0.1) is 20.8 Å². The van der Waals surface area contributed by atoms with E-state index >= 15 is 0 Å². The summed E-state index contributed by atoms with van der Waals surface area (Å²) in [5.74, 6) is 0. The van der Waals surface area contributed by atoms with E-state index < -0.39 is 0 Å². The third kappa shape index (κ3) is 3.79. The van der Waals surface area contributed by atoms with Crippen molar-refractivity contribution in [2.75, 3.05) is 26.2 Å². The van der Waals surface area contributed by atoms with Crippen LogP contribution in [0.1, 0.15) is 28.2 Å². The van der Waals surface area contributed by atoms with Gasteiger partial charge in [-0.05, 0) is 44.0 Å². The molecule has 0 bridgehead atoms. The van der Waals surface area contributed by atoms with E-state index in [1.807, 2.05) is 16.9 Å². The van der Waals surface area contributed by atoms with E-state index in [1.54, 1.807) is 12.7 Å². The van der Waals surface area contributed by atoms with Gasteiger partial charge in [0.2, 0.25) is 0 Å². The van der Waals surface area contributed by atoms with Crippen molar-refractivity contribution in [1.29, 1.82) is 0 Å². The van der Waals surface area contributed by atoms with E-state index in [9.17, 15) is 0 Å². The zero-order valence-electron chi connectivity index (χ0n) is 16.3. The quantitative estimate of drug-likeness (QED) is 0.692. The lowest BCUT2D eigenvalue weighted by Gasteiger charge is -2.34. The Morgan fingerprint density at radius 2 is 1.59 bits per heavy atom. The second kappa shape index (κ2) is 7.62. The SMILES string of the molecule is Cc1cccnc1CN1CCN(Cc2cc(C)n(-n3cnnc3)c2C)CC1. The van der Waals surface area contributed by atoms with Crippen molar-refractivity contribution >= 4 is 0 Å². The number of rotatable bonds is 5. The summed E-state index contributed by atoms with van der Waals surface area (Å²) in [6, 6.07) is 6.43. The summed E-state index contributed by atoms with van der Waals surface area (Å²) < 4.78 is 4.09. The Labute approximate surface area is 160 Å². The largest absolute Gasteiger partial charge is 0.296 e. The monoisotopic (exact) mass is 365 g/mol. The van der Waals surface area contributed by atoms with Gasteiger partial charge in [-0.2, -0.15) is 0 Å². The highest BCUT2D eigenvalue weighted by atomic mass is 15.5. The third-order valence-corrected chi connectivity index (χ3v) is 5.49. The van der Waals surface area contributed by atoms with Crippen LogP contribution in [0.5, 0.6) is 0 Å². The molecular weight excluding hydrogens is 338 g/mol. The number of aryl methyl sites for hydroxylation is 2. The molecule has 0 N–H and O–H groups in total. The van der Waals surface area contributed by atoms with Crippen LogP contribution in [0.3, 0.4) is 0 Å². The summed E-state index contributed by atoms with van der Waals surface area (Å²) in [4.78, 5) is 9.58. The Bertz CT molecular complexity index is 889. The molecule has 0 amide bonds. The number of pyridine rings is 1. The molecule has 1 aliphatic heterocycles. The van der Waals surface area contributed by atoms with Crippen molar-refractivity contribution in [3.8, 4) is 0 Å². The number of nitrogens with zero attached hydrogens (tertiary/aromatic N) is 7. The normalized spacial score (nSPS) is 16.1. The van der Waals surface area contributed by atoms with Crippen LogP contribution in [-0.2, 0) is 13.1 Å². The molecule has 3 aromatic heterocycles. The van der Waals surface area contributed by atoms with Gasteiger partial charge in [0, 0.05) is 56.9 Å². The van der Waals surface area contributed by atoms with Crippen LogP contribution < -0.4 is 0 Å². The van der Waals surface area contributed by atoms with E-state index in [0.29, 0.717) is 0 Å². The molecule has 7 heteroatoms. The lowest BCUT2D eigenvalue weighted by Crippen LogP contribution is -2.45. The number of hydrogen-bond donors (Lipinski definition) is 0. The molecule has 3 aromatic rings. The highest BCUT2D eigenvalue weighted by Crippen LogP contribution is 2.19. The van der Waals surface area contributed by atoms with Crippen LogP contribution in [-0.4, -0.2) is 60.5 Å². The molecule has 4 rings (SSSR count).